The van der Waals surface area contributed by atoms with Crippen LogP contribution in [0.4, 0.5) is 0 Å². The summed E-state index contributed by atoms with van der Waals surface area (Å²) in [6.45, 7) is 9.64. The third-order valence-corrected chi connectivity index (χ3v) is 6.39. The summed E-state index contributed by atoms with van der Waals surface area (Å²) in [5.74, 6) is 0.386. The average Bonchev–Trinajstić information content (AvgIpc) is 2.62. The van der Waals surface area contributed by atoms with Crippen LogP contribution in [-0.2, 0) is 4.79 Å². The lowest BCUT2D eigenvalue weighted by atomic mass is 9.92. The Hall–Kier alpha value is -1.92. The summed E-state index contributed by atoms with van der Waals surface area (Å²) in [5.41, 5.74) is 2.86. The number of Topliss-reactive ketones (excluding diaryl/α,β-unsaturated/α-hetero) is 1. The molecule has 0 unspecified atom stereocenters. The molecule has 0 aliphatic carbocycles. The quantitative estimate of drug-likeness (QED) is 0.384. The molecule has 28 heavy (non-hydrogen) atoms. The van der Waals surface area contributed by atoms with Gasteiger partial charge in [-0.15, -0.1) is 0 Å². The highest BCUT2D eigenvalue weighted by molar-refractivity contribution is 9.10. The maximum absolute atomic E-state index is 13.4. The molecule has 0 spiro atoms. The first-order valence-corrected chi connectivity index (χ1v) is 10.8. The van der Waals surface area contributed by atoms with E-state index in [1.165, 1.54) is 11.8 Å². The van der Waals surface area contributed by atoms with Crippen LogP contribution in [-0.4, -0.2) is 21.1 Å². The minimum atomic E-state index is -0.430. The highest BCUT2D eigenvalue weighted by Gasteiger charge is 2.23. The van der Waals surface area contributed by atoms with E-state index in [1.807, 2.05) is 71.0 Å². The van der Waals surface area contributed by atoms with E-state index in [4.69, 9.17) is 4.98 Å². The molecule has 0 N–H and O–H groups in total. The largest absolute Gasteiger partial charge is 0.298 e. The number of thioether (sulfide) groups is 1. The van der Waals surface area contributed by atoms with Crippen LogP contribution in [0.3, 0.4) is 0 Å². The van der Waals surface area contributed by atoms with Crippen molar-refractivity contribution in [2.24, 2.45) is 5.41 Å². The minimum absolute atomic E-state index is 0.120. The Balaban J connectivity index is 2.20. The van der Waals surface area contributed by atoms with E-state index in [1.54, 1.807) is 4.57 Å². The molecular weight excluding hydrogens is 436 g/mol. The number of nitrogens with zero attached hydrogens (tertiary/aromatic N) is 2. The van der Waals surface area contributed by atoms with Gasteiger partial charge in [0.05, 0.1) is 22.3 Å². The van der Waals surface area contributed by atoms with Gasteiger partial charge in [-0.3, -0.25) is 14.2 Å². The summed E-state index contributed by atoms with van der Waals surface area (Å²) in [6, 6.07) is 11.4. The van der Waals surface area contributed by atoms with E-state index >= 15 is 0 Å². The van der Waals surface area contributed by atoms with Gasteiger partial charge in [0.2, 0.25) is 0 Å². The zero-order chi connectivity index (χ0) is 20.6. The molecule has 0 atom stereocenters. The van der Waals surface area contributed by atoms with Crippen molar-refractivity contribution in [3.05, 3.63) is 62.4 Å². The fraction of sp³-hybridized carbons (Fsp3) is 0.318. The van der Waals surface area contributed by atoms with Crippen molar-refractivity contribution in [3.63, 3.8) is 0 Å². The van der Waals surface area contributed by atoms with Crippen molar-refractivity contribution >= 4 is 44.4 Å². The van der Waals surface area contributed by atoms with Gasteiger partial charge >= 0.3 is 0 Å². The number of carbonyl (C=O) groups excluding carboxylic acids is 1. The molecule has 1 aromatic heterocycles. The molecule has 6 heteroatoms. The Kier molecular flexibility index (Phi) is 5.82. The zero-order valence-corrected chi connectivity index (χ0v) is 19.1. The molecular formula is C22H23BrN2O2S. The predicted octanol–water partition coefficient (Wildman–Crippen LogP) is 5.47. The van der Waals surface area contributed by atoms with Crippen LogP contribution in [0.5, 0.6) is 0 Å². The molecule has 2 aromatic carbocycles. The first-order chi connectivity index (χ1) is 13.1. The molecule has 1 heterocycles. The van der Waals surface area contributed by atoms with Gasteiger partial charge in [0.1, 0.15) is 5.78 Å². The maximum Gasteiger partial charge on any atom is 0.266 e. The fourth-order valence-corrected chi connectivity index (χ4v) is 4.14. The molecule has 0 bridgehead atoms. The SMILES string of the molecule is Cc1ccc2nc(SCC(=O)C(C)(C)C)n(-c3ccc(Br)c(C)c3)c(=O)c2c1. The van der Waals surface area contributed by atoms with E-state index in [0.29, 0.717) is 16.1 Å². The molecule has 0 fully saturated rings. The molecule has 146 valence electrons. The van der Waals surface area contributed by atoms with Gasteiger partial charge in [0, 0.05) is 9.89 Å². The van der Waals surface area contributed by atoms with Crippen LogP contribution in [0.1, 0.15) is 31.9 Å². The predicted molar refractivity (Wildman–Crippen MR) is 120 cm³/mol. The van der Waals surface area contributed by atoms with E-state index in [9.17, 15) is 9.59 Å². The first kappa shape index (κ1) is 20.8. The smallest absolute Gasteiger partial charge is 0.266 e. The van der Waals surface area contributed by atoms with Crippen LogP contribution in [0.25, 0.3) is 16.6 Å². The number of hydrogen-bond donors (Lipinski definition) is 0. The van der Waals surface area contributed by atoms with Crippen LogP contribution in [0.15, 0.2) is 50.8 Å². The number of carbonyl (C=O) groups is 1. The molecule has 4 nitrogen and oxygen atoms in total. The number of halogens is 1. The van der Waals surface area contributed by atoms with Crippen LogP contribution < -0.4 is 5.56 Å². The number of aromatic nitrogens is 2. The van der Waals surface area contributed by atoms with Gasteiger partial charge in [-0.2, -0.15) is 0 Å². The van der Waals surface area contributed by atoms with Crippen LogP contribution in [0.2, 0.25) is 0 Å². The Labute approximate surface area is 177 Å². The standard InChI is InChI=1S/C22H23BrN2O2S/c1-13-6-9-18-16(10-13)20(27)25(15-7-8-17(23)14(2)11-15)21(24-18)28-12-19(26)22(3,4)5/h6-11H,12H2,1-5H3. The fourth-order valence-electron chi connectivity index (χ4n) is 2.72. The molecule has 0 radical (unpaired) electrons. The Morgan fingerprint density at radius 1 is 1.14 bits per heavy atom. The van der Waals surface area contributed by atoms with Crippen LogP contribution in [0, 0.1) is 19.3 Å². The Morgan fingerprint density at radius 3 is 2.50 bits per heavy atom. The third-order valence-electron chi connectivity index (χ3n) is 4.56. The number of ketones is 1. The van der Waals surface area contributed by atoms with Gasteiger partial charge < -0.3 is 0 Å². The van der Waals surface area contributed by atoms with Crippen molar-refractivity contribution in [1.82, 2.24) is 9.55 Å². The van der Waals surface area contributed by atoms with E-state index < -0.39 is 5.41 Å². The van der Waals surface area contributed by atoms with Gasteiger partial charge in [-0.05, 0) is 49.7 Å². The van der Waals surface area contributed by atoms with E-state index in [2.05, 4.69) is 15.9 Å². The highest BCUT2D eigenvalue weighted by atomic mass is 79.9. The van der Waals surface area contributed by atoms with Crippen molar-refractivity contribution < 1.29 is 4.79 Å². The molecule has 0 saturated heterocycles. The van der Waals surface area contributed by atoms with Crippen molar-refractivity contribution in [1.29, 1.82) is 0 Å². The molecule has 0 amide bonds. The molecule has 0 aliphatic rings. The Morgan fingerprint density at radius 2 is 1.86 bits per heavy atom. The van der Waals surface area contributed by atoms with Gasteiger partial charge in [0.15, 0.2) is 5.16 Å². The molecule has 0 saturated carbocycles. The summed E-state index contributed by atoms with van der Waals surface area (Å²) < 4.78 is 2.59. The topological polar surface area (TPSA) is 52.0 Å². The van der Waals surface area contributed by atoms with Gasteiger partial charge in [0.25, 0.3) is 5.56 Å². The molecule has 0 aliphatic heterocycles. The van der Waals surface area contributed by atoms with Crippen molar-refractivity contribution in [2.75, 3.05) is 5.75 Å². The number of hydrogen-bond acceptors (Lipinski definition) is 4. The monoisotopic (exact) mass is 458 g/mol. The summed E-state index contributed by atoms with van der Waals surface area (Å²) in [4.78, 5) is 30.5. The summed E-state index contributed by atoms with van der Waals surface area (Å²) in [7, 11) is 0. The van der Waals surface area contributed by atoms with Gasteiger partial charge in [-0.25, -0.2) is 4.98 Å². The lowest BCUT2D eigenvalue weighted by molar-refractivity contribution is -0.123. The van der Waals surface area contributed by atoms with Crippen molar-refractivity contribution in [3.8, 4) is 5.69 Å². The number of rotatable bonds is 4. The Bertz CT molecular complexity index is 1130. The number of benzene rings is 2. The zero-order valence-electron chi connectivity index (χ0n) is 16.7. The highest BCUT2D eigenvalue weighted by Crippen LogP contribution is 2.26. The number of aryl methyl sites for hydroxylation is 2. The summed E-state index contributed by atoms with van der Waals surface area (Å²) >= 11 is 4.82. The first-order valence-electron chi connectivity index (χ1n) is 9.04. The summed E-state index contributed by atoms with van der Waals surface area (Å²) in [6.07, 6.45) is 0. The lowest BCUT2D eigenvalue weighted by Crippen LogP contribution is -2.25. The molecule has 3 aromatic rings. The second-order valence-corrected chi connectivity index (χ2v) is 9.75. The summed E-state index contributed by atoms with van der Waals surface area (Å²) in [5, 5.41) is 1.10. The normalized spacial score (nSPS) is 11.8. The minimum Gasteiger partial charge on any atom is -0.298 e. The maximum atomic E-state index is 13.4. The van der Waals surface area contributed by atoms with Gasteiger partial charge in [-0.1, -0.05) is 60.1 Å². The van der Waals surface area contributed by atoms with E-state index in [0.717, 1.165) is 21.3 Å². The second-order valence-electron chi connectivity index (χ2n) is 7.95. The lowest BCUT2D eigenvalue weighted by Gasteiger charge is -2.18. The van der Waals surface area contributed by atoms with Crippen molar-refractivity contribution in [2.45, 2.75) is 39.8 Å². The van der Waals surface area contributed by atoms with Crippen LogP contribution >= 0.6 is 27.7 Å². The molecule has 3 rings (SSSR count). The average molecular weight is 459 g/mol. The number of fused-ring (bicyclic) bond motifs is 1. The second kappa shape index (κ2) is 7.84. The third kappa shape index (κ3) is 4.23. The van der Waals surface area contributed by atoms with E-state index in [-0.39, 0.29) is 17.1 Å².